The van der Waals surface area contributed by atoms with E-state index in [-0.39, 0.29) is 16.3 Å². The summed E-state index contributed by atoms with van der Waals surface area (Å²) in [6, 6.07) is 1.31. The van der Waals surface area contributed by atoms with Crippen molar-refractivity contribution in [2.75, 3.05) is 0 Å². The second kappa shape index (κ2) is 3.78. The van der Waals surface area contributed by atoms with Crippen LogP contribution in [0.5, 0.6) is 0 Å². The number of halogens is 3. The fourth-order valence-electron chi connectivity index (χ4n) is 0.853. The second-order valence-corrected chi connectivity index (χ2v) is 2.49. The Morgan fingerprint density at radius 2 is 2.25 bits per heavy atom. The maximum atomic E-state index is 12.2. The Kier molecular flexibility index (Phi) is 2.94. The molecule has 0 radical (unpaired) electrons. The van der Waals surface area contributed by atoms with Gasteiger partial charge in [0.15, 0.2) is 0 Å². The first-order valence-corrected chi connectivity index (χ1v) is 3.57. The van der Waals surface area contributed by atoms with Crippen LogP contribution in [0, 0.1) is 0 Å². The lowest BCUT2D eigenvalue weighted by Gasteiger charge is -2.06. The number of aliphatic hydroxyl groups is 1. The van der Waals surface area contributed by atoms with E-state index >= 15 is 0 Å². The average Bonchev–Trinajstić information content (AvgIpc) is 2.03. The van der Waals surface area contributed by atoms with E-state index in [1.54, 1.807) is 0 Å². The van der Waals surface area contributed by atoms with Gasteiger partial charge in [-0.1, -0.05) is 11.6 Å². The summed E-state index contributed by atoms with van der Waals surface area (Å²) in [6.07, 6.45) is -1.42. The molecule has 66 valence electrons. The summed E-state index contributed by atoms with van der Waals surface area (Å²) >= 11 is 5.40. The van der Waals surface area contributed by atoms with Crippen molar-refractivity contribution in [3.8, 4) is 0 Å². The van der Waals surface area contributed by atoms with E-state index in [4.69, 9.17) is 16.7 Å². The van der Waals surface area contributed by atoms with Crippen molar-refractivity contribution in [1.29, 1.82) is 0 Å². The minimum Gasteiger partial charge on any atom is -0.392 e. The molecule has 0 aliphatic heterocycles. The third-order valence-corrected chi connectivity index (χ3v) is 1.72. The molecular formula is C7H6ClF2NO. The maximum absolute atomic E-state index is 12.2. The fraction of sp³-hybridized carbons (Fsp3) is 0.286. The van der Waals surface area contributed by atoms with Gasteiger partial charge in [-0.15, -0.1) is 0 Å². The van der Waals surface area contributed by atoms with Crippen LogP contribution < -0.4 is 0 Å². The van der Waals surface area contributed by atoms with Crippen LogP contribution in [0.2, 0.25) is 5.15 Å². The first-order chi connectivity index (χ1) is 5.66. The van der Waals surface area contributed by atoms with Gasteiger partial charge in [0.05, 0.1) is 12.2 Å². The molecule has 0 aromatic carbocycles. The Labute approximate surface area is 72.8 Å². The summed E-state index contributed by atoms with van der Waals surface area (Å²) in [5.74, 6) is 0. The van der Waals surface area contributed by atoms with Gasteiger partial charge in [0, 0.05) is 6.20 Å². The van der Waals surface area contributed by atoms with Crippen molar-refractivity contribution in [2.24, 2.45) is 0 Å². The van der Waals surface area contributed by atoms with Gasteiger partial charge in [-0.05, 0) is 11.6 Å². The zero-order chi connectivity index (χ0) is 9.14. The van der Waals surface area contributed by atoms with Gasteiger partial charge in [0.25, 0.3) is 6.43 Å². The van der Waals surface area contributed by atoms with Crippen LogP contribution in [0.25, 0.3) is 0 Å². The van der Waals surface area contributed by atoms with Crippen LogP contribution in [0.4, 0.5) is 8.78 Å². The van der Waals surface area contributed by atoms with Gasteiger partial charge >= 0.3 is 0 Å². The second-order valence-electron chi connectivity index (χ2n) is 2.13. The number of pyridine rings is 1. The first-order valence-electron chi connectivity index (χ1n) is 3.19. The molecule has 0 spiro atoms. The molecule has 1 heterocycles. The molecule has 0 atom stereocenters. The minimum absolute atomic E-state index is 0.116. The van der Waals surface area contributed by atoms with Crippen molar-refractivity contribution in [3.05, 3.63) is 28.5 Å². The Morgan fingerprint density at radius 3 is 2.67 bits per heavy atom. The van der Waals surface area contributed by atoms with Crippen molar-refractivity contribution in [2.45, 2.75) is 13.0 Å². The number of aromatic nitrogens is 1. The highest BCUT2D eigenvalue weighted by Gasteiger charge is 2.16. The molecule has 1 aromatic rings. The SMILES string of the molecule is OCc1ccnc(Cl)c1C(F)F. The van der Waals surface area contributed by atoms with E-state index in [0.29, 0.717) is 0 Å². The smallest absolute Gasteiger partial charge is 0.267 e. The lowest BCUT2D eigenvalue weighted by Crippen LogP contribution is -1.97. The van der Waals surface area contributed by atoms with Crippen molar-refractivity contribution < 1.29 is 13.9 Å². The minimum atomic E-state index is -2.70. The quantitative estimate of drug-likeness (QED) is 0.731. The zero-order valence-corrected chi connectivity index (χ0v) is 6.72. The molecule has 5 heteroatoms. The molecule has 1 rings (SSSR count). The van der Waals surface area contributed by atoms with Gasteiger partial charge in [-0.25, -0.2) is 13.8 Å². The summed E-state index contributed by atoms with van der Waals surface area (Å²) in [5, 5.41) is 8.42. The molecule has 2 nitrogen and oxygen atoms in total. The highest BCUT2D eigenvalue weighted by Crippen LogP contribution is 2.28. The van der Waals surface area contributed by atoms with E-state index < -0.39 is 13.0 Å². The molecule has 0 saturated carbocycles. The molecule has 0 unspecified atom stereocenters. The van der Waals surface area contributed by atoms with Crippen LogP contribution >= 0.6 is 11.6 Å². The summed E-state index contributed by atoms with van der Waals surface area (Å²) in [6.45, 7) is -0.456. The molecule has 0 aliphatic rings. The number of rotatable bonds is 2. The summed E-state index contributed by atoms with van der Waals surface area (Å²) in [7, 11) is 0. The standard InChI is InChI=1S/C7H6ClF2NO/c8-6-5(7(9)10)4(3-12)1-2-11-6/h1-2,7,12H,3H2. The summed E-state index contributed by atoms with van der Waals surface area (Å²) < 4.78 is 24.5. The molecule has 0 fully saturated rings. The van der Waals surface area contributed by atoms with Crippen LogP contribution in [-0.4, -0.2) is 10.1 Å². The average molecular weight is 194 g/mol. The van der Waals surface area contributed by atoms with Crippen molar-refractivity contribution >= 4 is 11.6 Å². The van der Waals surface area contributed by atoms with E-state index in [1.807, 2.05) is 0 Å². The van der Waals surface area contributed by atoms with Crippen molar-refractivity contribution in [1.82, 2.24) is 4.98 Å². The lowest BCUT2D eigenvalue weighted by atomic mass is 10.1. The molecule has 0 bridgehead atoms. The van der Waals surface area contributed by atoms with Crippen molar-refractivity contribution in [3.63, 3.8) is 0 Å². The number of hydrogen-bond donors (Lipinski definition) is 1. The third-order valence-electron chi connectivity index (χ3n) is 1.42. The first kappa shape index (κ1) is 9.35. The Bertz CT molecular complexity index is 280. The largest absolute Gasteiger partial charge is 0.392 e. The highest BCUT2D eigenvalue weighted by atomic mass is 35.5. The van der Waals surface area contributed by atoms with Gasteiger partial charge in [0.1, 0.15) is 5.15 Å². The Hall–Kier alpha value is -0.740. The third kappa shape index (κ3) is 1.70. The molecule has 0 saturated heterocycles. The van der Waals surface area contributed by atoms with E-state index in [1.165, 1.54) is 12.3 Å². The van der Waals surface area contributed by atoms with Gasteiger partial charge in [0.2, 0.25) is 0 Å². The lowest BCUT2D eigenvalue weighted by molar-refractivity contribution is 0.147. The van der Waals surface area contributed by atoms with Crippen LogP contribution in [-0.2, 0) is 6.61 Å². The van der Waals surface area contributed by atoms with Gasteiger partial charge in [-0.2, -0.15) is 0 Å². The number of hydrogen-bond acceptors (Lipinski definition) is 2. The Morgan fingerprint density at radius 1 is 1.58 bits per heavy atom. The monoisotopic (exact) mass is 193 g/mol. The van der Waals surface area contributed by atoms with Crippen LogP contribution in [0.3, 0.4) is 0 Å². The summed E-state index contributed by atoms with van der Waals surface area (Å²) in [4.78, 5) is 3.48. The molecule has 12 heavy (non-hydrogen) atoms. The van der Waals surface area contributed by atoms with E-state index in [9.17, 15) is 8.78 Å². The van der Waals surface area contributed by atoms with Crippen LogP contribution in [0.15, 0.2) is 12.3 Å². The van der Waals surface area contributed by atoms with Gasteiger partial charge < -0.3 is 5.11 Å². The molecule has 0 amide bonds. The fourth-order valence-corrected chi connectivity index (χ4v) is 1.11. The van der Waals surface area contributed by atoms with Gasteiger partial charge in [-0.3, -0.25) is 0 Å². The molecule has 1 aromatic heterocycles. The Balaban J connectivity index is 3.20. The normalized spacial score (nSPS) is 10.8. The number of aliphatic hydroxyl groups excluding tert-OH is 1. The predicted octanol–water partition coefficient (Wildman–Crippen LogP) is 2.16. The molecule has 0 aliphatic carbocycles. The molecular weight excluding hydrogens is 188 g/mol. The van der Waals surface area contributed by atoms with Crippen LogP contribution in [0.1, 0.15) is 17.6 Å². The zero-order valence-electron chi connectivity index (χ0n) is 5.97. The molecule has 1 N–H and O–H groups in total. The number of nitrogens with zero attached hydrogens (tertiary/aromatic N) is 1. The number of alkyl halides is 2. The van der Waals surface area contributed by atoms with E-state index in [2.05, 4.69) is 4.98 Å². The topological polar surface area (TPSA) is 33.1 Å². The summed E-state index contributed by atoms with van der Waals surface area (Å²) in [5.41, 5.74) is -0.272. The highest BCUT2D eigenvalue weighted by molar-refractivity contribution is 6.30. The maximum Gasteiger partial charge on any atom is 0.267 e. The van der Waals surface area contributed by atoms with E-state index in [0.717, 1.165) is 0 Å². The predicted molar refractivity (Wildman–Crippen MR) is 40.1 cm³/mol.